The number of methoxy groups -OCH3 is 2. The molecule has 0 radical (unpaired) electrons. The molecule has 7 heteroatoms. The molecule has 2 amide bonds. The van der Waals surface area contributed by atoms with Gasteiger partial charge in [-0.25, -0.2) is 5.43 Å². The van der Waals surface area contributed by atoms with Crippen LogP contribution in [0.15, 0.2) is 23.3 Å². The average molecular weight is 307 g/mol. The Balaban J connectivity index is 2.61. The van der Waals surface area contributed by atoms with Crippen molar-refractivity contribution in [3.63, 3.8) is 0 Å². The van der Waals surface area contributed by atoms with Gasteiger partial charge in [-0.1, -0.05) is 13.3 Å². The molecule has 2 N–H and O–H groups in total. The maximum atomic E-state index is 11.5. The third-order valence-corrected chi connectivity index (χ3v) is 2.83. The molecule has 0 atom stereocenters. The zero-order valence-electron chi connectivity index (χ0n) is 13.0. The van der Waals surface area contributed by atoms with Gasteiger partial charge in [0, 0.05) is 12.1 Å². The van der Waals surface area contributed by atoms with Crippen LogP contribution in [0.1, 0.15) is 25.3 Å². The first-order valence-electron chi connectivity index (χ1n) is 6.95. The third kappa shape index (κ3) is 5.43. The molecule has 0 spiro atoms. The van der Waals surface area contributed by atoms with Gasteiger partial charge in [-0.2, -0.15) is 5.10 Å². The highest BCUT2D eigenvalue weighted by molar-refractivity contribution is 6.35. The van der Waals surface area contributed by atoms with E-state index in [0.717, 1.165) is 12.8 Å². The summed E-state index contributed by atoms with van der Waals surface area (Å²) >= 11 is 0. The minimum atomic E-state index is -0.811. The predicted molar refractivity (Wildman–Crippen MR) is 83.2 cm³/mol. The lowest BCUT2D eigenvalue weighted by molar-refractivity contribution is -0.139. The average Bonchev–Trinajstić information content (AvgIpc) is 2.54. The van der Waals surface area contributed by atoms with Crippen LogP contribution >= 0.6 is 0 Å². The number of benzene rings is 1. The van der Waals surface area contributed by atoms with Crippen LogP contribution in [0.2, 0.25) is 0 Å². The van der Waals surface area contributed by atoms with Gasteiger partial charge in [0.25, 0.3) is 0 Å². The van der Waals surface area contributed by atoms with Crippen LogP contribution in [-0.4, -0.2) is 38.8 Å². The molecule has 0 saturated heterocycles. The van der Waals surface area contributed by atoms with E-state index >= 15 is 0 Å². The van der Waals surface area contributed by atoms with E-state index in [2.05, 4.69) is 15.8 Å². The molecule has 1 rings (SSSR count). The van der Waals surface area contributed by atoms with Crippen molar-refractivity contribution in [1.29, 1.82) is 0 Å². The fraction of sp³-hybridized carbons (Fsp3) is 0.400. The largest absolute Gasteiger partial charge is 0.497 e. The molecule has 22 heavy (non-hydrogen) atoms. The molecule has 0 unspecified atom stereocenters. The quantitative estimate of drug-likeness (QED) is 0.341. The Morgan fingerprint density at radius 3 is 2.64 bits per heavy atom. The first kappa shape index (κ1) is 17.5. The first-order chi connectivity index (χ1) is 10.6. The summed E-state index contributed by atoms with van der Waals surface area (Å²) in [7, 11) is 3.07. The summed E-state index contributed by atoms with van der Waals surface area (Å²) in [6.07, 6.45) is 3.15. The van der Waals surface area contributed by atoms with Crippen molar-refractivity contribution in [2.75, 3.05) is 20.8 Å². The Morgan fingerprint density at radius 2 is 2.00 bits per heavy atom. The van der Waals surface area contributed by atoms with Gasteiger partial charge in [0.2, 0.25) is 0 Å². The molecule has 1 aromatic rings. The lowest BCUT2D eigenvalue weighted by Crippen LogP contribution is -2.38. The molecular weight excluding hydrogens is 286 g/mol. The number of hydrazone groups is 1. The number of amides is 2. The summed E-state index contributed by atoms with van der Waals surface area (Å²) in [5, 5.41) is 6.26. The number of ether oxygens (including phenoxy) is 2. The summed E-state index contributed by atoms with van der Waals surface area (Å²) < 4.78 is 10.3. The van der Waals surface area contributed by atoms with Crippen molar-refractivity contribution in [3.05, 3.63) is 23.8 Å². The second-order valence-electron chi connectivity index (χ2n) is 4.42. The van der Waals surface area contributed by atoms with Crippen LogP contribution in [0.4, 0.5) is 0 Å². The van der Waals surface area contributed by atoms with E-state index in [0.29, 0.717) is 23.6 Å². The Hall–Kier alpha value is -2.57. The normalized spacial score (nSPS) is 10.3. The van der Waals surface area contributed by atoms with Gasteiger partial charge in [0.05, 0.1) is 20.4 Å². The second kappa shape index (κ2) is 9.38. The molecule has 1 aromatic carbocycles. The summed E-state index contributed by atoms with van der Waals surface area (Å²) in [6, 6.07) is 5.17. The standard InChI is InChI=1S/C15H21N3O4/c1-4-5-8-16-14(19)15(20)18-17-10-11-9-12(21-2)6-7-13(11)22-3/h6-7,9-10H,4-5,8H2,1-3H3,(H,16,19)(H,18,20)/b17-10-. The Labute approximate surface area is 129 Å². The maximum absolute atomic E-state index is 11.5. The van der Waals surface area contributed by atoms with Crippen molar-refractivity contribution in [2.24, 2.45) is 5.10 Å². The molecule has 0 saturated carbocycles. The summed E-state index contributed by atoms with van der Waals surface area (Å²) in [4.78, 5) is 23.0. The molecule has 0 bridgehead atoms. The van der Waals surface area contributed by atoms with Gasteiger partial charge >= 0.3 is 11.8 Å². The van der Waals surface area contributed by atoms with Gasteiger partial charge in [0.15, 0.2) is 0 Å². The van der Waals surface area contributed by atoms with Gasteiger partial charge in [-0.05, 0) is 24.6 Å². The van der Waals surface area contributed by atoms with E-state index in [1.807, 2.05) is 6.92 Å². The third-order valence-electron chi connectivity index (χ3n) is 2.83. The number of unbranched alkanes of at least 4 members (excludes halogenated alkanes) is 1. The van der Waals surface area contributed by atoms with Crippen molar-refractivity contribution < 1.29 is 19.1 Å². The van der Waals surface area contributed by atoms with Gasteiger partial charge in [0.1, 0.15) is 11.5 Å². The van der Waals surface area contributed by atoms with E-state index in [1.165, 1.54) is 13.3 Å². The topological polar surface area (TPSA) is 89.0 Å². The molecule has 7 nitrogen and oxygen atoms in total. The van der Waals surface area contributed by atoms with Crippen molar-refractivity contribution in [2.45, 2.75) is 19.8 Å². The summed E-state index contributed by atoms with van der Waals surface area (Å²) in [5.41, 5.74) is 2.79. The minimum Gasteiger partial charge on any atom is -0.497 e. The number of carbonyl (C=O) groups excluding carboxylic acids is 2. The lowest BCUT2D eigenvalue weighted by atomic mass is 10.2. The highest BCUT2D eigenvalue weighted by Crippen LogP contribution is 2.22. The highest BCUT2D eigenvalue weighted by Gasteiger charge is 2.11. The number of nitrogens with zero attached hydrogens (tertiary/aromatic N) is 1. The molecule has 0 heterocycles. The van der Waals surface area contributed by atoms with Crippen LogP contribution in [0.3, 0.4) is 0 Å². The first-order valence-corrected chi connectivity index (χ1v) is 6.95. The minimum absolute atomic E-state index is 0.468. The van der Waals surface area contributed by atoms with Crippen LogP contribution in [0, 0.1) is 0 Å². The van der Waals surface area contributed by atoms with Gasteiger partial charge in [-0.15, -0.1) is 0 Å². The highest BCUT2D eigenvalue weighted by atomic mass is 16.5. The SMILES string of the molecule is CCCCNC(=O)C(=O)N/N=C\c1cc(OC)ccc1OC. The zero-order valence-corrected chi connectivity index (χ0v) is 13.0. The molecule has 0 aliphatic heterocycles. The number of carbonyl (C=O) groups is 2. The molecule has 0 aromatic heterocycles. The van der Waals surface area contributed by atoms with E-state index in [1.54, 1.807) is 25.3 Å². The van der Waals surface area contributed by atoms with Crippen LogP contribution in [0.25, 0.3) is 0 Å². The van der Waals surface area contributed by atoms with E-state index in [9.17, 15) is 9.59 Å². The van der Waals surface area contributed by atoms with Crippen molar-refractivity contribution >= 4 is 18.0 Å². The Morgan fingerprint density at radius 1 is 1.23 bits per heavy atom. The second-order valence-corrected chi connectivity index (χ2v) is 4.42. The Bertz CT molecular complexity index is 544. The molecule has 120 valence electrons. The fourth-order valence-corrected chi connectivity index (χ4v) is 1.61. The molecule has 0 aliphatic carbocycles. The maximum Gasteiger partial charge on any atom is 0.329 e. The number of nitrogens with one attached hydrogen (secondary N) is 2. The Kier molecular flexibility index (Phi) is 7.45. The summed E-state index contributed by atoms with van der Waals surface area (Å²) in [5.74, 6) is -0.311. The van der Waals surface area contributed by atoms with E-state index < -0.39 is 11.8 Å². The number of hydrogen-bond acceptors (Lipinski definition) is 5. The van der Waals surface area contributed by atoms with E-state index in [-0.39, 0.29) is 0 Å². The van der Waals surface area contributed by atoms with E-state index in [4.69, 9.17) is 9.47 Å². The summed E-state index contributed by atoms with van der Waals surface area (Å²) in [6.45, 7) is 2.47. The van der Waals surface area contributed by atoms with Gasteiger partial charge < -0.3 is 14.8 Å². The fourth-order valence-electron chi connectivity index (χ4n) is 1.61. The molecule has 0 aliphatic rings. The predicted octanol–water partition coefficient (Wildman–Crippen LogP) is 1.07. The monoisotopic (exact) mass is 307 g/mol. The van der Waals surface area contributed by atoms with Crippen molar-refractivity contribution in [1.82, 2.24) is 10.7 Å². The van der Waals surface area contributed by atoms with Crippen molar-refractivity contribution in [3.8, 4) is 11.5 Å². The smallest absolute Gasteiger partial charge is 0.329 e. The van der Waals surface area contributed by atoms with Crippen LogP contribution in [-0.2, 0) is 9.59 Å². The number of rotatable bonds is 7. The molecular formula is C15H21N3O4. The lowest BCUT2D eigenvalue weighted by Gasteiger charge is -2.06. The van der Waals surface area contributed by atoms with Gasteiger partial charge in [-0.3, -0.25) is 9.59 Å². The van der Waals surface area contributed by atoms with Crippen LogP contribution in [0.5, 0.6) is 11.5 Å². The van der Waals surface area contributed by atoms with Crippen LogP contribution < -0.4 is 20.2 Å². The zero-order chi connectivity index (χ0) is 16.4. The number of hydrogen-bond donors (Lipinski definition) is 2. The molecule has 0 fully saturated rings.